The summed E-state index contributed by atoms with van der Waals surface area (Å²) in [5.41, 5.74) is 4.87. The van der Waals surface area contributed by atoms with Gasteiger partial charge in [0.05, 0.1) is 16.3 Å². The van der Waals surface area contributed by atoms with Gasteiger partial charge in [-0.15, -0.1) is 0 Å². The molecule has 34 heavy (non-hydrogen) atoms. The third-order valence-electron chi connectivity index (χ3n) is 6.17. The summed E-state index contributed by atoms with van der Waals surface area (Å²) in [7, 11) is -3.79. The summed E-state index contributed by atoms with van der Waals surface area (Å²) in [4.78, 5) is 15.2. The number of carbonyl (C=O) groups is 1. The summed E-state index contributed by atoms with van der Waals surface area (Å²) in [6, 6.07) is 20.1. The monoisotopic (exact) mass is 477 g/mol. The summed E-state index contributed by atoms with van der Waals surface area (Å²) in [5, 5.41) is 2.94. The molecular formula is C27H31N3O3S. The summed E-state index contributed by atoms with van der Waals surface area (Å²) < 4.78 is 28.9. The van der Waals surface area contributed by atoms with Crippen molar-refractivity contribution < 1.29 is 13.2 Å². The van der Waals surface area contributed by atoms with Gasteiger partial charge in [0.1, 0.15) is 0 Å². The van der Waals surface area contributed by atoms with Crippen LogP contribution in [-0.4, -0.2) is 27.4 Å². The number of anilines is 2. The average Bonchev–Trinajstić information content (AvgIpc) is 3.37. The number of rotatable bonds is 8. The molecule has 7 heteroatoms. The Morgan fingerprint density at radius 3 is 2.21 bits per heavy atom. The van der Waals surface area contributed by atoms with Gasteiger partial charge in [-0.25, -0.2) is 8.42 Å². The Balaban J connectivity index is 1.57. The SMILES string of the molecule is CCc1ccc(CNC(=O)c2ccc(N3CCCC3)c(NS(=O)(=O)c3ccc(C)cc3)c2)cc1. The van der Waals surface area contributed by atoms with Crippen LogP contribution < -0.4 is 14.9 Å². The fourth-order valence-electron chi connectivity index (χ4n) is 4.09. The van der Waals surface area contributed by atoms with Gasteiger partial charge in [-0.3, -0.25) is 9.52 Å². The maximum Gasteiger partial charge on any atom is 0.261 e. The van der Waals surface area contributed by atoms with Crippen LogP contribution in [0.15, 0.2) is 71.6 Å². The largest absolute Gasteiger partial charge is 0.370 e. The second-order valence-corrected chi connectivity index (χ2v) is 10.4. The van der Waals surface area contributed by atoms with E-state index < -0.39 is 10.0 Å². The lowest BCUT2D eigenvalue weighted by atomic mass is 10.1. The molecule has 1 heterocycles. The zero-order valence-electron chi connectivity index (χ0n) is 19.7. The third-order valence-corrected chi connectivity index (χ3v) is 7.55. The molecular weight excluding hydrogens is 446 g/mol. The number of hydrogen-bond donors (Lipinski definition) is 2. The summed E-state index contributed by atoms with van der Waals surface area (Å²) in [6.07, 6.45) is 3.09. The van der Waals surface area contributed by atoms with E-state index in [4.69, 9.17) is 0 Å². The van der Waals surface area contributed by atoms with Crippen molar-refractivity contribution in [1.82, 2.24) is 5.32 Å². The van der Waals surface area contributed by atoms with E-state index >= 15 is 0 Å². The fraction of sp³-hybridized carbons (Fsp3) is 0.296. The van der Waals surface area contributed by atoms with Crippen molar-refractivity contribution in [3.05, 3.63) is 89.0 Å². The van der Waals surface area contributed by atoms with Crippen LogP contribution in [0.5, 0.6) is 0 Å². The molecule has 0 spiro atoms. The van der Waals surface area contributed by atoms with E-state index in [0.29, 0.717) is 17.8 Å². The van der Waals surface area contributed by atoms with Crippen LogP contribution in [0, 0.1) is 6.92 Å². The van der Waals surface area contributed by atoms with Crippen molar-refractivity contribution >= 4 is 27.3 Å². The molecule has 2 N–H and O–H groups in total. The lowest BCUT2D eigenvalue weighted by Crippen LogP contribution is -2.25. The van der Waals surface area contributed by atoms with E-state index in [1.54, 1.807) is 36.4 Å². The Morgan fingerprint density at radius 1 is 0.912 bits per heavy atom. The zero-order valence-corrected chi connectivity index (χ0v) is 20.5. The molecule has 0 atom stereocenters. The van der Waals surface area contributed by atoms with Crippen molar-refractivity contribution in [2.24, 2.45) is 0 Å². The zero-order chi connectivity index (χ0) is 24.1. The van der Waals surface area contributed by atoms with Crippen molar-refractivity contribution in [3.8, 4) is 0 Å². The summed E-state index contributed by atoms with van der Waals surface area (Å²) >= 11 is 0. The summed E-state index contributed by atoms with van der Waals surface area (Å²) in [6.45, 7) is 6.14. The smallest absolute Gasteiger partial charge is 0.261 e. The number of hydrogen-bond acceptors (Lipinski definition) is 4. The molecule has 0 aliphatic carbocycles. The second-order valence-electron chi connectivity index (χ2n) is 8.70. The van der Waals surface area contributed by atoms with E-state index in [-0.39, 0.29) is 10.8 Å². The van der Waals surface area contributed by atoms with Crippen molar-refractivity contribution in [1.29, 1.82) is 0 Å². The van der Waals surface area contributed by atoms with Crippen LogP contribution in [-0.2, 0) is 23.0 Å². The Labute approximate surface area is 202 Å². The molecule has 0 bridgehead atoms. The maximum absolute atomic E-state index is 13.1. The highest BCUT2D eigenvalue weighted by Crippen LogP contribution is 2.32. The van der Waals surface area contributed by atoms with Gasteiger partial charge in [-0.1, -0.05) is 48.9 Å². The predicted molar refractivity (Wildman–Crippen MR) is 137 cm³/mol. The first-order valence-corrected chi connectivity index (χ1v) is 13.2. The molecule has 0 radical (unpaired) electrons. The third kappa shape index (κ3) is 5.59. The highest BCUT2D eigenvalue weighted by Gasteiger charge is 2.22. The minimum Gasteiger partial charge on any atom is -0.370 e. The van der Waals surface area contributed by atoms with Gasteiger partial charge >= 0.3 is 0 Å². The number of carbonyl (C=O) groups excluding carboxylic acids is 1. The first-order chi connectivity index (χ1) is 16.4. The molecule has 1 fully saturated rings. The van der Waals surface area contributed by atoms with E-state index in [1.807, 2.05) is 25.1 Å². The standard InChI is InChI=1S/C27H31N3O3S/c1-3-21-8-10-22(11-9-21)19-28-27(31)23-12-15-26(30-16-4-5-17-30)25(18-23)29-34(32,33)24-13-6-20(2)7-14-24/h6-15,18,29H,3-5,16-17,19H2,1-2H3,(H,28,31). The lowest BCUT2D eigenvalue weighted by Gasteiger charge is -2.23. The molecule has 1 aliphatic rings. The number of sulfonamides is 1. The van der Waals surface area contributed by atoms with Gasteiger partial charge in [-0.2, -0.15) is 0 Å². The van der Waals surface area contributed by atoms with E-state index in [0.717, 1.165) is 49.2 Å². The molecule has 3 aromatic carbocycles. The molecule has 178 valence electrons. The van der Waals surface area contributed by atoms with E-state index in [1.165, 1.54) is 5.56 Å². The summed E-state index contributed by atoms with van der Waals surface area (Å²) in [5.74, 6) is -0.247. The molecule has 0 aromatic heterocycles. The highest BCUT2D eigenvalue weighted by atomic mass is 32.2. The molecule has 1 aliphatic heterocycles. The normalized spacial score (nSPS) is 13.6. The van der Waals surface area contributed by atoms with Crippen molar-refractivity contribution in [2.45, 2.75) is 44.6 Å². The van der Waals surface area contributed by atoms with Crippen LogP contribution in [0.2, 0.25) is 0 Å². The molecule has 4 rings (SSSR count). The number of nitrogens with zero attached hydrogens (tertiary/aromatic N) is 1. The first-order valence-electron chi connectivity index (χ1n) is 11.7. The average molecular weight is 478 g/mol. The first kappa shape index (κ1) is 23.8. The highest BCUT2D eigenvalue weighted by molar-refractivity contribution is 7.92. The molecule has 0 saturated carbocycles. The number of benzene rings is 3. The van der Waals surface area contributed by atoms with Gasteiger partial charge in [0.15, 0.2) is 0 Å². The molecule has 1 amide bonds. The van der Waals surface area contributed by atoms with Crippen molar-refractivity contribution in [3.63, 3.8) is 0 Å². The number of amides is 1. The minimum atomic E-state index is -3.79. The van der Waals surface area contributed by atoms with Gasteiger partial charge in [0, 0.05) is 25.2 Å². The molecule has 1 saturated heterocycles. The van der Waals surface area contributed by atoms with Crippen LogP contribution in [0.4, 0.5) is 11.4 Å². The van der Waals surface area contributed by atoms with Crippen molar-refractivity contribution in [2.75, 3.05) is 22.7 Å². The van der Waals surface area contributed by atoms with Gasteiger partial charge in [0.25, 0.3) is 15.9 Å². The van der Waals surface area contributed by atoms with Crippen LogP contribution in [0.25, 0.3) is 0 Å². The van der Waals surface area contributed by atoms with Crippen LogP contribution in [0.1, 0.15) is 46.8 Å². The Bertz CT molecular complexity index is 1250. The topological polar surface area (TPSA) is 78.5 Å². The predicted octanol–water partition coefficient (Wildman–Crippen LogP) is 4.89. The van der Waals surface area contributed by atoms with Gasteiger partial charge in [-0.05, 0) is 67.6 Å². The second kappa shape index (κ2) is 10.3. The number of aryl methyl sites for hydroxylation is 2. The quantitative estimate of drug-likeness (QED) is 0.484. The van der Waals surface area contributed by atoms with E-state index in [2.05, 4.69) is 34.0 Å². The van der Waals surface area contributed by atoms with Crippen LogP contribution >= 0.6 is 0 Å². The lowest BCUT2D eigenvalue weighted by molar-refractivity contribution is 0.0951. The Hall–Kier alpha value is -3.32. The molecule has 6 nitrogen and oxygen atoms in total. The Kier molecular flexibility index (Phi) is 7.22. The van der Waals surface area contributed by atoms with Gasteiger partial charge < -0.3 is 10.2 Å². The van der Waals surface area contributed by atoms with Gasteiger partial charge in [0.2, 0.25) is 0 Å². The Morgan fingerprint density at radius 2 is 1.56 bits per heavy atom. The molecule has 0 unspecified atom stereocenters. The fourth-order valence-corrected chi connectivity index (χ4v) is 5.16. The maximum atomic E-state index is 13.1. The number of nitrogens with one attached hydrogen (secondary N) is 2. The molecule has 3 aromatic rings. The van der Waals surface area contributed by atoms with Crippen LogP contribution in [0.3, 0.4) is 0 Å². The van der Waals surface area contributed by atoms with E-state index in [9.17, 15) is 13.2 Å². The minimum absolute atomic E-state index is 0.191.